The number of hydrogen-bond donors (Lipinski definition) is 2. The van der Waals surface area contributed by atoms with E-state index in [-0.39, 0.29) is 0 Å². The van der Waals surface area contributed by atoms with Gasteiger partial charge in [0.05, 0.1) is 0 Å². The maximum atomic E-state index is 8.63. The summed E-state index contributed by atoms with van der Waals surface area (Å²) in [5.74, 6) is 0. The molecule has 0 amide bonds. The molecule has 0 unspecified atom stereocenters. The van der Waals surface area contributed by atoms with Crippen LogP contribution in [0.15, 0.2) is 12.4 Å². The molecular formula is C2H5N3O4S. The van der Waals surface area contributed by atoms with Gasteiger partial charge in [0.2, 0.25) is 16.6 Å². The van der Waals surface area contributed by atoms with Crippen molar-refractivity contribution in [2.45, 2.75) is 0 Å². The SMILES string of the molecule is O=S(=O)([O-])O.c1c[nH+][nH]n1. The fourth-order valence-electron chi connectivity index (χ4n) is 0.186. The highest BCUT2D eigenvalue weighted by molar-refractivity contribution is 7.79. The first kappa shape index (κ1) is 9.01. The molecule has 1 aromatic heterocycles. The van der Waals surface area contributed by atoms with Crippen LogP contribution in [0, 0.1) is 0 Å². The quantitative estimate of drug-likeness (QED) is 0.350. The fraction of sp³-hybridized carbons (Fsp3) is 0. The third kappa shape index (κ3) is 15.7. The number of rotatable bonds is 0. The number of aromatic nitrogens is 3. The first-order chi connectivity index (χ1) is 4.50. The highest BCUT2D eigenvalue weighted by Crippen LogP contribution is 1.58. The smallest absolute Gasteiger partial charge is 0.215 e. The molecule has 0 saturated carbocycles. The van der Waals surface area contributed by atoms with Gasteiger partial charge in [-0.3, -0.25) is 4.55 Å². The lowest BCUT2D eigenvalue weighted by atomic mass is 11.0. The largest absolute Gasteiger partial charge is 0.726 e. The summed E-state index contributed by atoms with van der Waals surface area (Å²) in [7, 11) is -4.92. The van der Waals surface area contributed by atoms with E-state index in [0.29, 0.717) is 0 Å². The van der Waals surface area contributed by atoms with Crippen LogP contribution in [0.3, 0.4) is 0 Å². The van der Waals surface area contributed by atoms with Crippen molar-refractivity contribution in [1.29, 1.82) is 0 Å². The summed E-state index contributed by atoms with van der Waals surface area (Å²) in [6, 6.07) is 0. The molecule has 10 heavy (non-hydrogen) atoms. The topological polar surface area (TPSA) is 120 Å². The van der Waals surface area contributed by atoms with Gasteiger partial charge in [0.15, 0.2) is 6.20 Å². The number of nitrogens with one attached hydrogen (secondary N) is 2. The van der Waals surface area contributed by atoms with E-state index in [2.05, 4.69) is 15.4 Å². The highest BCUT2D eigenvalue weighted by Gasteiger charge is 1.68. The van der Waals surface area contributed by atoms with Crippen LogP contribution in [0.1, 0.15) is 0 Å². The molecule has 1 aromatic rings. The molecule has 0 radical (unpaired) electrons. The van der Waals surface area contributed by atoms with Crippen LogP contribution in [0.2, 0.25) is 0 Å². The summed E-state index contributed by atoms with van der Waals surface area (Å²) in [4.78, 5) is 0. The normalized spacial score (nSPS) is 9.80. The molecule has 0 aromatic carbocycles. The van der Waals surface area contributed by atoms with Crippen molar-refractivity contribution < 1.29 is 22.6 Å². The molecule has 0 spiro atoms. The van der Waals surface area contributed by atoms with Gasteiger partial charge in [-0.2, -0.15) is 5.10 Å². The van der Waals surface area contributed by atoms with Crippen LogP contribution in [0.4, 0.5) is 0 Å². The predicted octanol–water partition coefficient (Wildman–Crippen LogP) is -1.77. The maximum absolute atomic E-state index is 8.63. The van der Waals surface area contributed by atoms with E-state index in [1.807, 2.05) is 0 Å². The minimum Gasteiger partial charge on any atom is -0.726 e. The average molecular weight is 167 g/mol. The van der Waals surface area contributed by atoms with Gasteiger partial charge >= 0.3 is 0 Å². The van der Waals surface area contributed by atoms with Crippen LogP contribution in [0.25, 0.3) is 0 Å². The summed E-state index contributed by atoms with van der Waals surface area (Å²) < 4.78 is 32.8. The Bertz CT molecular complexity index is 214. The molecule has 0 bridgehead atoms. The van der Waals surface area contributed by atoms with Gasteiger partial charge < -0.3 is 4.55 Å². The molecule has 7 nitrogen and oxygen atoms in total. The monoisotopic (exact) mass is 167 g/mol. The lowest BCUT2D eigenvalue weighted by Crippen LogP contribution is -1.97. The standard InChI is InChI=1S/C2H3N3.H2O4S/c1-2-4-5-3-1;1-5(2,3)4/h1-2H,(H,3,4,5);(H2,1,2,3,4). The van der Waals surface area contributed by atoms with Crippen LogP contribution in [0.5, 0.6) is 0 Å². The van der Waals surface area contributed by atoms with Crippen molar-refractivity contribution in [1.82, 2.24) is 10.3 Å². The molecule has 0 saturated heterocycles. The molecule has 0 fully saturated rings. The lowest BCUT2D eigenvalue weighted by molar-refractivity contribution is -0.454. The van der Waals surface area contributed by atoms with E-state index < -0.39 is 10.4 Å². The zero-order valence-electron chi connectivity index (χ0n) is 4.68. The Hall–Kier alpha value is -0.990. The Morgan fingerprint density at radius 3 is 2.30 bits per heavy atom. The molecule has 0 aliphatic heterocycles. The first-order valence-corrected chi connectivity index (χ1v) is 3.40. The molecule has 1 rings (SSSR count). The number of hydrogen-bond acceptors (Lipinski definition) is 4. The van der Waals surface area contributed by atoms with Crippen molar-refractivity contribution in [2.24, 2.45) is 0 Å². The summed E-state index contributed by atoms with van der Waals surface area (Å²) >= 11 is 0. The van der Waals surface area contributed by atoms with Crippen molar-refractivity contribution in [3.8, 4) is 0 Å². The Kier molecular flexibility index (Phi) is 3.54. The van der Waals surface area contributed by atoms with Crippen LogP contribution < -0.4 is 5.10 Å². The van der Waals surface area contributed by atoms with Crippen molar-refractivity contribution in [3.63, 3.8) is 0 Å². The summed E-state index contributed by atoms with van der Waals surface area (Å²) in [5.41, 5.74) is 0. The summed E-state index contributed by atoms with van der Waals surface area (Å²) in [6.45, 7) is 0. The third-order valence-corrected chi connectivity index (χ3v) is 0.362. The van der Waals surface area contributed by atoms with Crippen molar-refractivity contribution in [3.05, 3.63) is 12.4 Å². The van der Waals surface area contributed by atoms with Gasteiger partial charge in [0.1, 0.15) is 0 Å². The lowest BCUT2D eigenvalue weighted by Gasteiger charge is -1.88. The van der Waals surface area contributed by atoms with Gasteiger partial charge in [-0.25, -0.2) is 8.42 Å². The van der Waals surface area contributed by atoms with E-state index in [1.165, 1.54) is 0 Å². The van der Waals surface area contributed by atoms with Gasteiger partial charge in [-0.05, 0) is 0 Å². The van der Waals surface area contributed by atoms with Gasteiger partial charge in [0, 0.05) is 5.10 Å². The number of H-pyrrole nitrogens is 2. The van der Waals surface area contributed by atoms with E-state index in [9.17, 15) is 0 Å². The highest BCUT2D eigenvalue weighted by atomic mass is 32.3. The third-order valence-electron chi connectivity index (χ3n) is 0.362. The van der Waals surface area contributed by atoms with E-state index in [0.717, 1.165) is 0 Å². The molecule has 1 heterocycles. The average Bonchev–Trinajstić information content (AvgIpc) is 2.07. The second kappa shape index (κ2) is 3.93. The van der Waals surface area contributed by atoms with E-state index >= 15 is 0 Å². The number of nitrogens with zero attached hydrogens (tertiary/aromatic N) is 1. The van der Waals surface area contributed by atoms with Gasteiger partial charge in [-0.15, -0.1) is 0 Å². The van der Waals surface area contributed by atoms with Crippen molar-refractivity contribution in [2.75, 3.05) is 0 Å². The van der Waals surface area contributed by atoms with Crippen LogP contribution in [-0.4, -0.2) is 27.8 Å². The molecule has 0 aliphatic rings. The fourth-order valence-corrected chi connectivity index (χ4v) is 0.186. The predicted molar refractivity (Wildman–Crippen MR) is 27.5 cm³/mol. The minimum atomic E-state index is -4.92. The van der Waals surface area contributed by atoms with Crippen molar-refractivity contribution >= 4 is 10.4 Å². The zero-order valence-corrected chi connectivity index (χ0v) is 5.50. The molecule has 58 valence electrons. The molecule has 0 aliphatic carbocycles. The second-order valence-electron chi connectivity index (χ2n) is 1.13. The first-order valence-electron chi connectivity index (χ1n) is 2.04. The summed E-state index contributed by atoms with van der Waals surface area (Å²) in [5, 5.41) is 8.65. The van der Waals surface area contributed by atoms with Crippen LogP contribution >= 0.6 is 0 Å². The molecule has 3 N–H and O–H groups in total. The Labute approximate surface area is 56.7 Å². The Morgan fingerprint density at radius 1 is 1.70 bits per heavy atom. The second-order valence-corrected chi connectivity index (χ2v) is 1.98. The Balaban J connectivity index is 0.000000162. The molecular weight excluding hydrogens is 162 g/mol. The Morgan fingerprint density at radius 2 is 2.20 bits per heavy atom. The van der Waals surface area contributed by atoms with Gasteiger partial charge in [0.25, 0.3) is 0 Å². The molecule has 8 heteroatoms. The van der Waals surface area contributed by atoms with Crippen LogP contribution in [-0.2, 0) is 10.4 Å². The summed E-state index contributed by atoms with van der Waals surface area (Å²) in [6.07, 6.45) is 3.35. The van der Waals surface area contributed by atoms with E-state index in [1.54, 1.807) is 12.4 Å². The van der Waals surface area contributed by atoms with E-state index in [4.69, 9.17) is 17.5 Å². The minimum absolute atomic E-state index is 1.64. The maximum Gasteiger partial charge on any atom is 0.215 e. The zero-order chi connectivity index (χ0) is 8.04. The molecule has 0 atom stereocenters. The number of aromatic amines is 2. The van der Waals surface area contributed by atoms with Gasteiger partial charge in [-0.1, -0.05) is 5.21 Å².